The van der Waals surface area contributed by atoms with Gasteiger partial charge in [0, 0.05) is 13.1 Å². The van der Waals surface area contributed by atoms with E-state index >= 15 is 0 Å². The number of aryl methyl sites for hydroxylation is 1. The van der Waals surface area contributed by atoms with Crippen molar-refractivity contribution >= 4 is 11.6 Å². The van der Waals surface area contributed by atoms with E-state index in [1.807, 2.05) is 20.8 Å². The van der Waals surface area contributed by atoms with Crippen LogP contribution >= 0.6 is 0 Å². The second-order valence-electron chi connectivity index (χ2n) is 5.42. The van der Waals surface area contributed by atoms with Crippen molar-refractivity contribution < 1.29 is 9.90 Å². The van der Waals surface area contributed by atoms with Crippen molar-refractivity contribution in [3.63, 3.8) is 0 Å². The lowest BCUT2D eigenvalue weighted by molar-refractivity contribution is -0.135. The minimum absolute atomic E-state index is 0.0318. The summed E-state index contributed by atoms with van der Waals surface area (Å²) < 4.78 is 1.66. The van der Waals surface area contributed by atoms with Crippen molar-refractivity contribution in [1.82, 2.24) is 14.7 Å². The van der Waals surface area contributed by atoms with Gasteiger partial charge in [-0.3, -0.25) is 9.48 Å². The molecule has 0 bridgehead atoms. The third kappa shape index (κ3) is 2.73. The number of hydrogen-bond donors (Lipinski definition) is 2. The van der Waals surface area contributed by atoms with E-state index in [4.69, 9.17) is 5.73 Å². The average molecular weight is 266 g/mol. The van der Waals surface area contributed by atoms with Crippen molar-refractivity contribution in [2.24, 2.45) is 5.92 Å². The first-order chi connectivity index (χ1) is 8.90. The Morgan fingerprint density at radius 1 is 1.53 bits per heavy atom. The molecule has 106 valence electrons. The molecule has 2 atom stereocenters. The number of hydrogen-bond acceptors (Lipinski definition) is 4. The molecule has 3 N–H and O–H groups in total. The summed E-state index contributed by atoms with van der Waals surface area (Å²) in [6, 6.07) is 0. The minimum Gasteiger partial charge on any atom is -0.396 e. The molecule has 0 aromatic carbocycles. The predicted molar refractivity (Wildman–Crippen MR) is 72.5 cm³/mol. The number of piperidine rings is 1. The first kappa shape index (κ1) is 13.9. The summed E-state index contributed by atoms with van der Waals surface area (Å²) in [5.41, 5.74) is 8.09. The van der Waals surface area contributed by atoms with Crippen LogP contribution in [0.15, 0.2) is 0 Å². The maximum Gasteiger partial charge on any atom is 0.244 e. The number of aromatic nitrogens is 2. The lowest BCUT2D eigenvalue weighted by atomic mass is 9.97. The molecule has 1 amide bonds. The lowest BCUT2D eigenvalue weighted by Gasteiger charge is -2.34. The Kier molecular flexibility index (Phi) is 3.80. The van der Waals surface area contributed by atoms with E-state index in [0.717, 1.165) is 11.4 Å². The van der Waals surface area contributed by atoms with E-state index < -0.39 is 0 Å². The van der Waals surface area contributed by atoms with Crippen LogP contribution in [0.4, 0.5) is 5.69 Å². The van der Waals surface area contributed by atoms with Gasteiger partial charge in [0.05, 0.1) is 23.2 Å². The molecule has 1 aliphatic rings. The summed E-state index contributed by atoms with van der Waals surface area (Å²) in [5.74, 6) is 0.160. The first-order valence-electron chi connectivity index (χ1n) is 6.65. The van der Waals surface area contributed by atoms with Crippen LogP contribution in [-0.4, -0.2) is 44.9 Å². The second-order valence-corrected chi connectivity index (χ2v) is 5.42. The van der Waals surface area contributed by atoms with Gasteiger partial charge in [-0.1, -0.05) is 6.92 Å². The van der Waals surface area contributed by atoms with E-state index in [-0.39, 0.29) is 24.5 Å². The number of likely N-dealkylation sites (tertiary alicyclic amines) is 1. The Hall–Kier alpha value is -1.56. The van der Waals surface area contributed by atoms with Crippen molar-refractivity contribution in [3.8, 4) is 0 Å². The number of amides is 1. The number of carbonyl (C=O) groups is 1. The van der Waals surface area contributed by atoms with Gasteiger partial charge in [-0.05, 0) is 26.2 Å². The topological polar surface area (TPSA) is 84.4 Å². The minimum atomic E-state index is -0.298. The number of carbonyl (C=O) groups excluding carboxylic acids is 1. The summed E-state index contributed by atoms with van der Waals surface area (Å²) in [6.07, 6.45) is 0.347. The molecular weight excluding hydrogens is 244 g/mol. The smallest absolute Gasteiger partial charge is 0.244 e. The molecule has 2 unspecified atom stereocenters. The Morgan fingerprint density at radius 3 is 2.74 bits per heavy atom. The van der Waals surface area contributed by atoms with Gasteiger partial charge in [0.1, 0.15) is 6.54 Å². The number of nitrogen functional groups attached to an aromatic ring is 1. The van der Waals surface area contributed by atoms with Gasteiger partial charge in [0.25, 0.3) is 0 Å². The van der Waals surface area contributed by atoms with E-state index in [0.29, 0.717) is 25.2 Å². The Labute approximate surface area is 113 Å². The molecule has 6 heteroatoms. The number of aliphatic hydroxyl groups is 1. The normalized spacial score (nSPS) is 23.7. The van der Waals surface area contributed by atoms with Crippen LogP contribution in [0.5, 0.6) is 0 Å². The summed E-state index contributed by atoms with van der Waals surface area (Å²) in [6.45, 7) is 7.10. The highest BCUT2D eigenvalue weighted by Gasteiger charge is 2.27. The lowest BCUT2D eigenvalue weighted by Crippen LogP contribution is -2.46. The van der Waals surface area contributed by atoms with E-state index in [1.165, 1.54) is 0 Å². The van der Waals surface area contributed by atoms with Crippen LogP contribution in [0.3, 0.4) is 0 Å². The van der Waals surface area contributed by atoms with Gasteiger partial charge in [0.15, 0.2) is 0 Å². The molecule has 1 aliphatic heterocycles. The van der Waals surface area contributed by atoms with Crippen LogP contribution < -0.4 is 5.73 Å². The average Bonchev–Trinajstić information content (AvgIpc) is 2.60. The number of anilines is 1. The third-order valence-electron chi connectivity index (χ3n) is 3.94. The first-order valence-corrected chi connectivity index (χ1v) is 6.65. The summed E-state index contributed by atoms with van der Waals surface area (Å²) >= 11 is 0. The van der Waals surface area contributed by atoms with E-state index in [9.17, 15) is 9.90 Å². The van der Waals surface area contributed by atoms with Crippen molar-refractivity contribution in [1.29, 1.82) is 0 Å². The highest BCUT2D eigenvalue weighted by molar-refractivity contribution is 5.76. The molecule has 1 aromatic heterocycles. The fourth-order valence-electron chi connectivity index (χ4n) is 2.45. The number of nitrogens with two attached hydrogens (primary N) is 1. The van der Waals surface area contributed by atoms with Crippen LogP contribution in [-0.2, 0) is 11.3 Å². The highest BCUT2D eigenvalue weighted by Crippen LogP contribution is 2.18. The maximum atomic E-state index is 12.2. The molecule has 0 spiro atoms. The van der Waals surface area contributed by atoms with Crippen LogP contribution in [0.25, 0.3) is 0 Å². The van der Waals surface area contributed by atoms with Gasteiger partial charge >= 0.3 is 0 Å². The molecule has 0 saturated carbocycles. The molecular formula is C13H22N4O2. The summed E-state index contributed by atoms with van der Waals surface area (Å²) in [5, 5.41) is 14.0. The predicted octanol–water partition coefficient (Wildman–Crippen LogP) is 0.311. The van der Waals surface area contributed by atoms with Gasteiger partial charge in [-0.15, -0.1) is 0 Å². The van der Waals surface area contributed by atoms with Crippen LogP contribution in [0.1, 0.15) is 24.7 Å². The van der Waals surface area contributed by atoms with E-state index in [2.05, 4.69) is 5.10 Å². The molecule has 1 fully saturated rings. The monoisotopic (exact) mass is 266 g/mol. The fourth-order valence-corrected chi connectivity index (χ4v) is 2.45. The van der Waals surface area contributed by atoms with Gasteiger partial charge in [-0.2, -0.15) is 5.10 Å². The van der Waals surface area contributed by atoms with Crippen LogP contribution in [0.2, 0.25) is 0 Å². The molecule has 0 aliphatic carbocycles. The SMILES string of the molecule is Cc1nn(CC(=O)N2CCC(O)C(C)C2)c(C)c1N. The van der Waals surface area contributed by atoms with Gasteiger partial charge in [0.2, 0.25) is 5.91 Å². The molecule has 6 nitrogen and oxygen atoms in total. The zero-order valence-corrected chi connectivity index (χ0v) is 11.8. The fraction of sp³-hybridized carbons (Fsp3) is 0.692. The number of nitrogens with zero attached hydrogens (tertiary/aromatic N) is 3. The van der Waals surface area contributed by atoms with Crippen molar-refractivity contribution in [2.45, 2.75) is 39.8 Å². The van der Waals surface area contributed by atoms with E-state index in [1.54, 1.807) is 9.58 Å². The summed E-state index contributed by atoms with van der Waals surface area (Å²) in [7, 11) is 0. The molecule has 1 saturated heterocycles. The third-order valence-corrected chi connectivity index (χ3v) is 3.94. The van der Waals surface area contributed by atoms with Gasteiger partial charge < -0.3 is 15.7 Å². The molecule has 2 heterocycles. The zero-order chi connectivity index (χ0) is 14.2. The molecule has 19 heavy (non-hydrogen) atoms. The largest absolute Gasteiger partial charge is 0.396 e. The standard InChI is InChI=1S/C13H22N4O2/c1-8-6-16(5-4-11(8)18)12(19)7-17-10(3)13(14)9(2)15-17/h8,11,18H,4-7,14H2,1-3H3. The Balaban J connectivity index is 2.03. The quantitative estimate of drug-likeness (QED) is 0.807. The summed E-state index contributed by atoms with van der Waals surface area (Å²) in [4.78, 5) is 14.0. The molecule has 2 rings (SSSR count). The second kappa shape index (κ2) is 5.21. The number of rotatable bonds is 2. The highest BCUT2D eigenvalue weighted by atomic mass is 16.3. The zero-order valence-electron chi connectivity index (χ0n) is 11.8. The Bertz CT molecular complexity index is 483. The Morgan fingerprint density at radius 2 is 2.21 bits per heavy atom. The molecule has 0 radical (unpaired) electrons. The van der Waals surface area contributed by atoms with Crippen molar-refractivity contribution in [3.05, 3.63) is 11.4 Å². The maximum absolute atomic E-state index is 12.2. The molecule has 1 aromatic rings. The number of aliphatic hydroxyl groups excluding tert-OH is 1. The van der Waals surface area contributed by atoms with Crippen LogP contribution in [0, 0.1) is 19.8 Å². The van der Waals surface area contributed by atoms with Crippen molar-refractivity contribution in [2.75, 3.05) is 18.8 Å². The van der Waals surface area contributed by atoms with Gasteiger partial charge in [-0.25, -0.2) is 0 Å².